The van der Waals surface area contributed by atoms with E-state index in [-0.39, 0.29) is 37.4 Å². The van der Waals surface area contributed by atoms with Crippen molar-refractivity contribution in [1.29, 1.82) is 0 Å². The van der Waals surface area contributed by atoms with Crippen molar-refractivity contribution in [3.8, 4) is 11.1 Å². The number of rotatable bonds is 22. The Morgan fingerprint density at radius 3 is 1.79 bits per heavy atom. The number of unbranched alkanes of at least 4 members (excludes halogenated alkanes) is 4. The molecule has 0 heterocycles. The van der Waals surface area contributed by atoms with Crippen molar-refractivity contribution in [2.24, 2.45) is 11.8 Å². The highest BCUT2D eigenvalue weighted by Gasteiger charge is 2.31. The molecule has 0 aromatic heterocycles. The maximum atomic E-state index is 13.8. The van der Waals surface area contributed by atoms with Crippen LogP contribution in [0.2, 0.25) is 5.02 Å². The quantitative estimate of drug-likeness (QED) is 0.0710. The lowest BCUT2D eigenvalue weighted by Crippen LogP contribution is -2.48. The van der Waals surface area contributed by atoms with Crippen LogP contribution >= 0.6 is 11.6 Å². The van der Waals surface area contributed by atoms with Gasteiger partial charge in [-0.3, -0.25) is 19.2 Å². The molecule has 4 atom stereocenters. The number of amides is 3. The fourth-order valence-electron chi connectivity index (χ4n) is 5.52. The number of Topliss-reactive ketones (excluding diaryl/α,β-unsaturated/α-hetero) is 2. The lowest BCUT2D eigenvalue weighted by atomic mass is 9.93. The average Bonchev–Trinajstić information content (AvgIpc) is 3.08. The molecule has 3 amide bonds. The number of hydrogen-bond acceptors (Lipinski definition) is 7. The van der Waals surface area contributed by atoms with Crippen LogP contribution in [0.4, 0.5) is 4.79 Å². The molecular formula is C40H56ClN3O8. The van der Waals surface area contributed by atoms with Gasteiger partial charge in [-0.2, -0.15) is 0 Å². The molecule has 52 heavy (non-hydrogen) atoms. The largest absolute Gasteiger partial charge is 0.480 e. The molecule has 12 heteroatoms. The number of nitrogens with one attached hydrogen (secondary N) is 3. The molecule has 2 aromatic carbocycles. The normalized spacial score (nSPS) is 13.6. The number of alkyl carbamates (subject to hydrolysis) is 1. The van der Waals surface area contributed by atoms with Gasteiger partial charge in [-0.05, 0) is 56.9 Å². The summed E-state index contributed by atoms with van der Waals surface area (Å²) in [5, 5.41) is 18.1. The number of halogens is 1. The first-order valence-corrected chi connectivity index (χ1v) is 18.6. The fraction of sp³-hybridized carbons (Fsp3) is 0.550. The van der Waals surface area contributed by atoms with Crippen molar-refractivity contribution in [1.82, 2.24) is 16.0 Å². The minimum Gasteiger partial charge on any atom is -0.480 e. The van der Waals surface area contributed by atoms with Gasteiger partial charge in [0.25, 0.3) is 0 Å². The number of carboxylic acid groups (broad SMARTS) is 1. The molecule has 0 fully saturated rings. The Kier molecular flexibility index (Phi) is 18.5. The third-order valence-corrected chi connectivity index (χ3v) is 8.80. The summed E-state index contributed by atoms with van der Waals surface area (Å²) in [5.74, 6) is -4.89. The van der Waals surface area contributed by atoms with Crippen molar-refractivity contribution in [2.45, 2.75) is 123 Å². The predicted octanol–water partition coefficient (Wildman–Crippen LogP) is 7.53. The van der Waals surface area contributed by atoms with E-state index in [2.05, 4.69) is 16.0 Å². The number of carboxylic acids is 1. The zero-order valence-corrected chi connectivity index (χ0v) is 32.1. The van der Waals surface area contributed by atoms with E-state index in [1.165, 1.54) is 0 Å². The molecule has 0 aliphatic rings. The number of aliphatic carboxylic acids is 1. The van der Waals surface area contributed by atoms with E-state index < -0.39 is 53.4 Å². The number of carbonyl (C=O) groups excluding carboxylic acids is 5. The summed E-state index contributed by atoms with van der Waals surface area (Å²) in [6, 6.07) is 12.2. The second-order valence-corrected chi connectivity index (χ2v) is 14.8. The molecule has 2 rings (SSSR count). The molecule has 0 saturated carbocycles. The SMILES string of the molecule is CCCCC[C@H](NC(=O)[C@H](C)CC(=O)[C@H](CCCCC)NC(=O)[C@H](CNC(=O)OC(C)(C)C)CC(=O)c1ccc(-c2ccc(Cl)cc2)cc1)C(=O)O. The van der Waals surface area contributed by atoms with Crippen LogP contribution in [0.3, 0.4) is 0 Å². The number of hydrogen-bond donors (Lipinski definition) is 4. The maximum absolute atomic E-state index is 13.8. The summed E-state index contributed by atoms with van der Waals surface area (Å²) < 4.78 is 5.34. The Balaban J connectivity index is 2.23. The molecule has 4 N–H and O–H groups in total. The van der Waals surface area contributed by atoms with E-state index in [4.69, 9.17) is 16.3 Å². The minimum absolute atomic E-state index is 0.218. The van der Waals surface area contributed by atoms with Crippen LogP contribution in [0, 0.1) is 11.8 Å². The summed E-state index contributed by atoms with van der Waals surface area (Å²) in [4.78, 5) is 78.1. The zero-order chi connectivity index (χ0) is 38.8. The zero-order valence-electron chi connectivity index (χ0n) is 31.4. The number of carbonyl (C=O) groups is 6. The summed E-state index contributed by atoms with van der Waals surface area (Å²) in [5.41, 5.74) is 1.38. The highest BCUT2D eigenvalue weighted by Crippen LogP contribution is 2.23. The van der Waals surface area contributed by atoms with Crippen LogP contribution in [0.25, 0.3) is 11.1 Å². The molecule has 11 nitrogen and oxygen atoms in total. The smallest absolute Gasteiger partial charge is 0.407 e. The molecule has 0 bridgehead atoms. The van der Waals surface area contributed by atoms with Crippen molar-refractivity contribution >= 4 is 47.0 Å². The third-order valence-electron chi connectivity index (χ3n) is 8.55. The van der Waals surface area contributed by atoms with Crippen molar-refractivity contribution < 1.29 is 38.6 Å². The van der Waals surface area contributed by atoms with Crippen molar-refractivity contribution in [3.63, 3.8) is 0 Å². The van der Waals surface area contributed by atoms with Crippen molar-refractivity contribution in [2.75, 3.05) is 6.54 Å². The van der Waals surface area contributed by atoms with E-state index >= 15 is 0 Å². The summed E-state index contributed by atoms with van der Waals surface area (Å²) in [6.07, 6.45) is 4.06. The van der Waals surface area contributed by atoms with Gasteiger partial charge in [0.2, 0.25) is 11.8 Å². The van der Waals surface area contributed by atoms with E-state index in [0.29, 0.717) is 29.8 Å². The van der Waals surface area contributed by atoms with Crippen LogP contribution in [0.5, 0.6) is 0 Å². The Bertz CT molecular complexity index is 1490. The minimum atomic E-state index is -1.13. The van der Waals surface area contributed by atoms with Crippen LogP contribution < -0.4 is 16.0 Å². The van der Waals surface area contributed by atoms with Gasteiger partial charge < -0.3 is 25.8 Å². The molecule has 0 radical (unpaired) electrons. The summed E-state index contributed by atoms with van der Waals surface area (Å²) >= 11 is 6.01. The lowest BCUT2D eigenvalue weighted by molar-refractivity contribution is -0.142. The van der Waals surface area contributed by atoms with Gasteiger partial charge >= 0.3 is 12.1 Å². The first kappa shape index (κ1) is 43.9. The second kappa shape index (κ2) is 22.0. The van der Waals surface area contributed by atoms with E-state index in [1.54, 1.807) is 64.1 Å². The molecule has 286 valence electrons. The van der Waals surface area contributed by atoms with Crippen LogP contribution in [0.1, 0.15) is 116 Å². The van der Waals surface area contributed by atoms with Crippen LogP contribution in [-0.4, -0.2) is 64.8 Å². The highest BCUT2D eigenvalue weighted by atomic mass is 35.5. The monoisotopic (exact) mass is 741 g/mol. The maximum Gasteiger partial charge on any atom is 0.407 e. The topological polar surface area (TPSA) is 168 Å². The van der Waals surface area contributed by atoms with Gasteiger partial charge in [0.15, 0.2) is 11.6 Å². The molecular weight excluding hydrogens is 686 g/mol. The lowest BCUT2D eigenvalue weighted by Gasteiger charge is -2.24. The molecule has 0 saturated heterocycles. The van der Waals surface area contributed by atoms with Gasteiger partial charge in [0.1, 0.15) is 11.6 Å². The van der Waals surface area contributed by atoms with E-state index in [0.717, 1.165) is 36.8 Å². The molecule has 0 unspecified atom stereocenters. The Morgan fingerprint density at radius 1 is 0.750 bits per heavy atom. The second-order valence-electron chi connectivity index (χ2n) is 14.3. The van der Waals surface area contributed by atoms with Gasteiger partial charge in [0, 0.05) is 35.9 Å². The van der Waals surface area contributed by atoms with Crippen LogP contribution in [-0.2, 0) is 23.9 Å². The Labute approximate surface area is 313 Å². The van der Waals surface area contributed by atoms with Crippen LogP contribution in [0.15, 0.2) is 48.5 Å². The fourth-order valence-corrected chi connectivity index (χ4v) is 5.65. The third kappa shape index (κ3) is 16.0. The molecule has 2 aromatic rings. The number of ketones is 2. The summed E-state index contributed by atoms with van der Waals surface area (Å²) in [7, 11) is 0. The van der Waals surface area contributed by atoms with Gasteiger partial charge in [-0.15, -0.1) is 0 Å². The Morgan fingerprint density at radius 2 is 1.27 bits per heavy atom. The number of benzene rings is 2. The van der Waals surface area contributed by atoms with E-state index in [1.807, 2.05) is 26.0 Å². The molecule has 0 spiro atoms. The number of ether oxygens (including phenoxy) is 1. The van der Waals surface area contributed by atoms with E-state index in [9.17, 15) is 33.9 Å². The van der Waals surface area contributed by atoms with Crippen molar-refractivity contribution in [3.05, 3.63) is 59.1 Å². The summed E-state index contributed by atoms with van der Waals surface area (Å²) in [6.45, 7) is 10.4. The first-order valence-electron chi connectivity index (χ1n) is 18.3. The molecule has 0 aliphatic heterocycles. The average molecular weight is 742 g/mol. The van der Waals surface area contributed by atoms with Gasteiger partial charge in [-0.25, -0.2) is 9.59 Å². The predicted molar refractivity (Wildman–Crippen MR) is 202 cm³/mol. The molecule has 0 aliphatic carbocycles. The standard InChI is InChI=1S/C40H56ClN3O8/c1-7-9-11-13-32(35(46)23-26(3)36(47)44-33(38(49)50)14-12-10-8-2)43-37(48)30(25-42-39(51)52-40(4,5)6)24-34(45)29-17-15-27(16-18-29)28-19-21-31(41)22-20-28/h15-22,26,30,32-33H,7-14,23-25H2,1-6H3,(H,42,51)(H,43,48)(H,44,47)(H,49,50)/t26-,30+,32+,33+/m1/s1. The van der Waals surface area contributed by atoms with Gasteiger partial charge in [-0.1, -0.05) is 107 Å². The Hall–Kier alpha value is -4.25. The first-order chi connectivity index (χ1) is 24.5. The van der Waals surface area contributed by atoms with Gasteiger partial charge in [0.05, 0.1) is 12.0 Å². The highest BCUT2D eigenvalue weighted by molar-refractivity contribution is 6.30.